The van der Waals surface area contributed by atoms with Crippen LogP contribution in [0.25, 0.3) is 11.1 Å². The largest absolute Gasteiger partial charge is 0.431 e. The van der Waals surface area contributed by atoms with E-state index in [2.05, 4.69) is 10.3 Å². The molecule has 0 aliphatic carbocycles. The Balaban J connectivity index is 1.46. The molecule has 0 saturated carbocycles. The molecule has 24 heavy (non-hydrogen) atoms. The van der Waals surface area contributed by atoms with Gasteiger partial charge in [0.05, 0.1) is 5.75 Å². The molecule has 7 heteroatoms. The third kappa shape index (κ3) is 4.66. The van der Waals surface area contributed by atoms with Gasteiger partial charge in [-0.05, 0) is 36.2 Å². The molecule has 0 aliphatic heterocycles. The molecule has 0 spiro atoms. The summed E-state index contributed by atoms with van der Waals surface area (Å²) in [6, 6.07) is 12.9. The normalized spacial score (nSPS) is 10.9. The van der Waals surface area contributed by atoms with E-state index < -0.39 is 0 Å². The van der Waals surface area contributed by atoms with Gasteiger partial charge in [0, 0.05) is 22.7 Å². The number of oxazole rings is 1. The molecular weight excluding hydrogens is 367 g/mol. The highest BCUT2D eigenvalue weighted by Crippen LogP contribution is 2.25. The van der Waals surface area contributed by atoms with E-state index in [-0.39, 0.29) is 11.7 Å². The lowest BCUT2D eigenvalue weighted by atomic mass is 10.1. The molecule has 0 bridgehead atoms. The molecule has 0 unspecified atom stereocenters. The zero-order valence-electron chi connectivity index (χ0n) is 12.6. The lowest BCUT2D eigenvalue weighted by Gasteiger charge is -2.04. The molecule has 1 heterocycles. The number of aromatic nitrogens is 1. The number of carbonyl (C=O) groups is 1. The van der Waals surface area contributed by atoms with Gasteiger partial charge in [-0.2, -0.15) is 0 Å². The van der Waals surface area contributed by atoms with Gasteiger partial charge in [-0.3, -0.25) is 4.79 Å². The molecule has 0 aliphatic rings. The van der Waals surface area contributed by atoms with Crippen LogP contribution in [0.15, 0.2) is 52.1 Å². The number of hydrogen-bond acceptors (Lipinski definition) is 4. The van der Waals surface area contributed by atoms with E-state index in [4.69, 9.17) is 27.6 Å². The van der Waals surface area contributed by atoms with Crippen LogP contribution in [-0.4, -0.2) is 23.2 Å². The summed E-state index contributed by atoms with van der Waals surface area (Å²) in [5.74, 6) is 0.179. The summed E-state index contributed by atoms with van der Waals surface area (Å²) in [5.41, 5.74) is 2.43. The average molecular weight is 381 g/mol. The summed E-state index contributed by atoms with van der Waals surface area (Å²) >= 11 is 13.1. The van der Waals surface area contributed by atoms with Gasteiger partial charge in [0.15, 0.2) is 5.58 Å². The smallest absolute Gasteiger partial charge is 0.257 e. The van der Waals surface area contributed by atoms with E-state index in [1.54, 1.807) is 18.2 Å². The molecule has 124 valence electrons. The van der Waals surface area contributed by atoms with Crippen molar-refractivity contribution >= 4 is 52.0 Å². The van der Waals surface area contributed by atoms with Crippen LogP contribution in [-0.2, 0) is 11.2 Å². The first-order chi connectivity index (χ1) is 11.6. The van der Waals surface area contributed by atoms with E-state index in [1.165, 1.54) is 11.8 Å². The number of nitrogens with zero attached hydrogens (tertiary/aromatic N) is 1. The second kappa shape index (κ2) is 7.92. The molecule has 1 aromatic heterocycles. The van der Waals surface area contributed by atoms with E-state index in [0.717, 1.165) is 17.5 Å². The number of benzene rings is 2. The van der Waals surface area contributed by atoms with Crippen LogP contribution >= 0.6 is 35.0 Å². The Bertz CT molecular complexity index is 867. The van der Waals surface area contributed by atoms with Crippen molar-refractivity contribution in [3.8, 4) is 0 Å². The number of hydrogen-bond donors (Lipinski definition) is 1. The van der Waals surface area contributed by atoms with Gasteiger partial charge in [0.1, 0.15) is 5.52 Å². The van der Waals surface area contributed by atoms with E-state index in [9.17, 15) is 4.79 Å². The molecule has 2 aromatic carbocycles. The fourth-order valence-electron chi connectivity index (χ4n) is 2.16. The minimum absolute atomic E-state index is 0.0673. The first-order valence-electron chi connectivity index (χ1n) is 7.30. The van der Waals surface area contributed by atoms with Crippen molar-refractivity contribution in [2.75, 3.05) is 12.3 Å². The molecule has 0 atom stereocenters. The molecule has 3 aromatic rings. The number of nitrogens with one attached hydrogen (secondary N) is 1. The fraction of sp³-hybridized carbons (Fsp3) is 0.176. The standard InChI is InChI=1S/C17H14Cl2N2O2S/c18-12-3-1-2-11(8-12)6-7-20-16(22)10-24-17-21-14-5-4-13(19)9-15(14)23-17/h1-5,8-9H,6-7,10H2,(H,20,22). The summed E-state index contributed by atoms with van der Waals surface area (Å²) in [7, 11) is 0. The van der Waals surface area contributed by atoms with Crippen LogP contribution in [0.5, 0.6) is 0 Å². The monoisotopic (exact) mass is 380 g/mol. The second-order valence-electron chi connectivity index (χ2n) is 5.11. The maximum absolute atomic E-state index is 11.9. The summed E-state index contributed by atoms with van der Waals surface area (Å²) in [6.07, 6.45) is 0.734. The molecule has 0 fully saturated rings. The molecule has 0 saturated heterocycles. The van der Waals surface area contributed by atoms with Crippen molar-refractivity contribution in [2.45, 2.75) is 11.6 Å². The third-order valence-corrected chi connectivity index (χ3v) is 4.58. The van der Waals surface area contributed by atoms with Gasteiger partial charge in [-0.1, -0.05) is 47.1 Å². The number of thioether (sulfide) groups is 1. The van der Waals surface area contributed by atoms with Crippen LogP contribution in [0.1, 0.15) is 5.56 Å². The highest BCUT2D eigenvalue weighted by molar-refractivity contribution is 7.99. The zero-order chi connectivity index (χ0) is 16.9. The fourth-order valence-corrected chi connectivity index (χ4v) is 3.20. The van der Waals surface area contributed by atoms with E-state index in [1.807, 2.05) is 24.3 Å². The average Bonchev–Trinajstić information content (AvgIpc) is 2.95. The molecule has 1 amide bonds. The Kier molecular flexibility index (Phi) is 5.66. The minimum atomic E-state index is -0.0673. The zero-order valence-corrected chi connectivity index (χ0v) is 14.9. The Labute approximate surface area is 153 Å². The van der Waals surface area contributed by atoms with Crippen molar-refractivity contribution in [3.63, 3.8) is 0 Å². The van der Waals surface area contributed by atoms with Gasteiger partial charge < -0.3 is 9.73 Å². The number of carbonyl (C=O) groups excluding carboxylic acids is 1. The van der Waals surface area contributed by atoms with E-state index >= 15 is 0 Å². The lowest BCUT2D eigenvalue weighted by molar-refractivity contribution is -0.118. The first kappa shape index (κ1) is 17.1. The molecule has 3 rings (SSSR count). The number of amides is 1. The van der Waals surface area contributed by atoms with Crippen molar-refractivity contribution in [3.05, 3.63) is 58.1 Å². The summed E-state index contributed by atoms with van der Waals surface area (Å²) in [4.78, 5) is 16.2. The van der Waals surface area contributed by atoms with Crippen molar-refractivity contribution in [2.24, 2.45) is 0 Å². The molecule has 1 N–H and O–H groups in total. The second-order valence-corrected chi connectivity index (χ2v) is 6.91. The van der Waals surface area contributed by atoms with Crippen LogP contribution in [0.3, 0.4) is 0 Å². The van der Waals surface area contributed by atoms with Crippen molar-refractivity contribution in [1.82, 2.24) is 10.3 Å². The maximum Gasteiger partial charge on any atom is 0.257 e. The van der Waals surface area contributed by atoms with E-state index in [0.29, 0.717) is 27.4 Å². The molecular formula is C17H14Cl2N2O2S. The number of halogens is 2. The predicted octanol–water partition coefficient (Wildman–Crippen LogP) is 4.59. The van der Waals surface area contributed by atoms with Crippen LogP contribution in [0.2, 0.25) is 10.0 Å². The Morgan fingerprint density at radius 2 is 2.00 bits per heavy atom. The molecule has 0 radical (unpaired) electrons. The predicted molar refractivity (Wildman–Crippen MR) is 97.9 cm³/mol. The minimum Gasteiger partial charge on any atom is -0.431 e. The van der Waals surface area contributed by atoms with Crippen LogP contribution in [0, 0.1) is 0 Å². The molecule has 4 nitrogen and oxygen atoms in total. The number of fused-ring (bicyclic) bond motifs is 1. The lowest BCUT2D eigenvalue weighted by Crippen LogP contribution is -2.27. The summed E-state index contributed by atoms with van der Waals surface area (Å²) in [5, 5.41) is 4.62. The SMILES string of the molecule is O=C(CSc1nc2ccc(Cl)cc2o1)NCCc1cccc(Cl)c1. The maximum atomic E-state index is 11.9. The van der Waals surface area contributed by atoms with Gasteiger partial charge in [-0.25, -0.2) is 4.98 Å². The Hall–Kier alpha value is -1.69. The van der Waals surface area contributed by atoms with Gasteiger partial charge >= 0.3 is 0 Å². The topological polar surface area (TPSA) is 55.1 Å². The summed E-state index contributed by atoms with van der Waals surface area (Å²) < 4.78 is 5.56. The van der Waals surface area contributed by atoms with Gasteiger partial charge in [-0.15, -0.1) is 0 Å². The van der Waals surface area contributed by atoms with Crippen LogP contribution in [0.4, 0.5) is 0 Å². The Morgan fingerprint density at radius 1 is 1.17 bits per heavy atom. The summed E-state index contributed by atoms with van der Waals surface area (Å²) in [6.45, 7) is 0.558. The van der Waals surface area contributed by atoms with Gasteiger partial charge in [0.25, 0.3) is 5.22 Å². The third-order valence-electron chi connectivity index (χ3n) is 3.28. The van der Waals surface area contributed by atoms with Crippen molar-refractivity contribution in [1.29, 1.82) is 0 Å². The quantitative estimate of drug-likeness (QED) is 0.635. The Morgan fingerprint density at radius 3 is 2.83 bits per heavy atom. The number of rotatable bonds is 6. The van der Waals surface area contributed by atoms with Crippen LogP contribution < -0.4 is 5.32 Å². The van der Waals surface area contributed by atoms with Gasteiger partial charge in [0.2, 0.25) is 5.91 Å². The highest BCUT2D eigenvalue weighted by Gasteiger charge is 2.09. The first-order valence-corrected chi connectivity index (χ1v) is 9.04. The highest BCUT2D eigenvalue weighted by atomic mass is 35.5. The van der Waals surface area contributed by atoms with Crippen molar-refractivity contribution < 1.29 is 9.21 Å².